The van der Waals surface area contributed by atoms with Crippen molar-refractivity contribution in [3.8, 4) is 0 Å². The monoisotopic (exact) mass is 414 g/mol. The number of benzene rings is 2. The second kappa shape index (κ2) is 13.4. The highest BCUT2D eigenvalue weighted by Gasteiger charge is 2.18. The molecule has 2 aromatic carbocycles. The molecule has 0 saturated carbocycles. The standard InChI is InChI=1S/C26H38S2/c1-3-5-7-9-11-21-13-17-23(18-14-21)25(27)26(28)24-19-15-22(16-20-24)12-10-8-6-4-2/h13-20,25-28H,3-12H2,1-2H3. The molecule has 0 radical (unpaired) electrons. The molecule has 2 aromatic rings. The first-order chi connectivity index (χ1) is 13.7. The molecule has 0 aliphatic carbocycles. The number of rotatable bonds is 13. The number of hydrogen-bond donors (Lipinski definition) is 2. The molecule has 0 aliphatic rings. The Morgan fingerprint density at radius 2 is 0.893 bits per heavy atom. The average molecular weight is 415 g/mol. The minimum absolute atomic E-state index is 0.105. The van der Waals surface area contributed by atoms with E-state index < -0.39 is 0 Å². The predicted molar refractivity (Wildman–Crippen MR) is 132 cm³/mol. The SMILES string of the molecule is CCCCCCc1ccc(C(S)C(S)c2ccc(CCCCCC)cc2)cc1. The summed E-state index contributed by atoms with van der Waals surface area (Å²) >= 11 is 9.78. The fraction of sp³-hybridized carbons (Fsp3) is 0.538. The van der Waals surface area contributed by atoms with Crippen molar-refractivity contribution in [3.05, 3.63) is 70.8 Å². The van der Waals surface area contributed by atoms with Gasteiger partial charge in [-0.05, 0) is 47.9 Å². The zero-order chi connectivity index (χ0) is 20.2. The Morgan fingerprint density at radius 1 is 0.536 bits per heavy atom. The summed E-state index contributed by atoms with van der Waals surface area (Å²) in [6, 6.07) is 18.0. The summed E-state index contributed by atoms with van der Waals surface area (Å²) in [6.45, 7) is 4.52. The van der Waals surface area contributed by atoms with Gasteiger partial charge in [-0.1, -0.05) is 101 Å². The van der Waals surface area contributed by atoms with Crippen molar-refractivity contribution in [2.24, 2.45) is 0 Å². The van der Waals surface area contributed by atoms with Gasteiger partial charge in [-0.2, -0.15) is 25.3 Å². The highest BCUT2D eigenvalue weighted by atomic mass is 32.1. The van der Waals surface area contributed by atoms with Gasteiger partial charge in [-0.15, -0.1) is 0 Å². The van der Waals surface area contributed by atoms with Crippen LogP contribution >= 0.6 is 25.3 Å². The van der Waals surface area contributed by atoms with E-state index in [9.17, 15) is 0 Å². The zero-order valence-corrected chi connectivity index (χ0v) is 19.5. The van der Waals surface area contributed by atoms with E-state index in [2.05, 4.69) is 62.4 Å². The lowest BCUT2D eigenvalue weighted by Crippen LogP contribution is -2.01. The third kappa shape index (κ3) is 7.87. The van der Waals surface area contributed by atoms with Crippen molar-refractivity contribution in [1.29, 1.82) is 0 Å². The number of aryl methyl sites for hydroxylation is 2. The lowest BCUT2D eigenvalue weighted by atomic mass is 9.98. The maximum Gasteiger partial charge on any atom is 0.0424 e. The largest absolute Gasteiger partial charge is 0.170 e. The molecule has 28 heavy (non-hydrogen) atoms. The molecule has 0 heterocycles. The second-order valence-corrected chi connectivity index (χ2v) is 9.11. The van der Waals surface area contributed by atoms with Crippen LogP contribution in [-0.4, -0.2) is 0 Å². The zero-order valence-electron chi connectivity index (χ0n) is 17.7. The predicted octanol–water partition coefficient (Wildman–Crippen LogP) is 8.57. The van der Waals surface area contributed by atoms with Crippen LogP contribution in [0, 0.1) is 0 Å². The van der Waals surface area contributed by atoms with E-state index in [0.717, 1.165) is 0 Å². The van der Waals surface area contributed by atoms with Gasteiger partial charge in [0, 0.05) is 10.5 Å². The molecule has 2 unspecified atom stereocenters. The van der Waals surface area contributed by atoms with E-state index in [1.54, 1.807) is 0 Å². The molecule has 2 atom stereocenters. The Bertz CT molecular complexity index is 586. The first-order valence-electron chi connectivity index (χ1n) is 11.2. The fourth-order valence-corrected chi connectivity index (χ4v) is 4.33. The molecule has 0 fully saturated rings. The third-order valence-corrected chi connectivity index (χ3v) is 7.01. The van der Waals surface area contributed by atoms with Gasteiger partial charge in [0.05, 0.1) is 0 Å². The van der Waals surface area contributed by atoms with E-state index in [4.69, 9.17) is 25.3 Å². The molecule has 2 heteroatoms. The number of unbranched alkanes of at least 4 members (excludes halogenated alkanes) is 6. The minimum Gasteiger partial charge on any atom is -0.170 e. The highest BCUT2D eigenvalue weighted by Crippen LogP contribution is 2.39. The molecule has 0 N–H and O–H groups in total. The van der Waals surface area contributed by atoms with Crippen molar-refractivity contribution in [1.82, 2.24) is 0 Å². The molecule has 0 spiro atoms. The molecular formula is C26H38S2. The number of thiol groups is 2. The van der Waals surface area contributed by atoms with Crippen LogP contribution in [0.4, 0.5) is 0 Å². The second-order valence-electron chi connectivity index (χ2n) is 7.99. The van der Waals surface area contributed by atoms with Crippen LogP contribution in [0.25, 0.3) is 0 Å². The summed E-state index contributed by atoms with van der Waals surface area (Å²) in [4.78, 5) is 0. The normalized spacial score (nSPS) is 13.4. The summed E-state index contributed by atoms with van der Waals surface area (Å²) in [5.74, 6) is 0. The van der Waals surface area contributed by atoms with Crippen LogP contribution < -0.4 is 0 Å². The molecule has 0 aromatic heterocycles. The van der Waals surface area contributed by atoms with Crippen LogP contribution in [0.2, 0.25) is 0 Å². The van der Waals surface area contributed by atoms with Gasteiger partial charge in [0.25, 0.3) is 0 Å². The van der Waals surface area contributed by atoms with Crippen molar-refractivity contribution in [2.45, 2.75) is 88.6 Å². The Labute approximate surface area is 184 Å². The Kier molecular flexibility index (Phi) is 11.2. The van der Waals surface area contributed by atoms with Gasteiger partial charge < -0.3 is 0 Å². The molecule has 0 saturated heterocycles. The summed E-state index contributed by atoms with van der Waals surface area (Å²) in [5.41, 5.74) is 5.38. The van der Waals surface area contributed by atoms with Gasteiger partial charge in [0.2, 0.25) is 0 Å². The average Bonchev–Trinajstić information content (AvgIpc) is 2.74. The van der Waals surface area contributed by atoms with Crippen LogP contribution in [-0.2, 0) is 12.8 Å². The number of hydrogen-bond acceptors (Lipinski definition) is 2. The van der Waals surface area contributed by atoms with E-state index in [1.807, 2.05) is 0 Å². The van der Waals surface area contributed by atoms with Gasteiger partial charge in [0.1, 0.15) is 0 Å². The highest BCUT2D eigenvalue weighted by molar-refractivity contribution is 7.84. The molecule has 0 nitrogen and oxygen atoms in total. The van der Waals surface area contributed by atoms with E-state index in [1.165, 1.54) is 86.5 Å². The van der Waals surface area contributed by atoms with Crippen molar-refractivity contribution >= 4 is 25.3 Å². The van der Waals surface area contributed by atoms with Crippen LogP contribution in [0.5, 0.6) is 0 Å². The maximum absolute atomic E-state index is 4.89. The molecular weight excluding hydrogens is 376 g/mol. The van der Waals surface area contributed by atoms with E-state index in [0.29, 0.717) is 0 Å². The van der Waals surface area contributed by atoms with E-state index >= 15 is 0 Å². The maximum atomic E-state index is 4.89. The van der Waals surface area contributed by atoms with Crippen molar-refractivity contribution < 1.29 is 0 Å². The summed E-state index contributed by atoms with van der Waals surface area (Å²) < 4.78 is 0. The van der Waals surface area contributed by atoms with E-state index in [-0.39, 0.29) is 10.5 Å². The quantitative estimate of drug-likeness (QED) is 0.238. The van der Waals surface area contributed by atoms with Gasteiger partial charge in [0.15, 0.2) is 0 Å². The van der Waals surface area contributed by atoms with Crippen LogP contribution in [0.1, 0.15) is 98.0 Å². The van der Waals surface area contributed by atoms with Crippen LogP contribution in [0.15, 0.2) is 48.5 Å². The van der Waals surface area contributed by atoms with Gasteiger partial charge in [-0.25, -0.2) is 0 Å². The topological polar surface area (TPSA) is 0 Å². The van der Waals surface area contributed by atoms with Crippen molar-refractivity contribution in [3.63, 3.8) is 0 Å². The molecule has 0 aliphatic heterocycles. The molecule has 154 valence electrons. The van der Waals surface area contributed by atoms with Crippen LogP contribution in [0.3, 0.4) is 0 Å². The van der Waals surface area contributed by atoms with Gasteiger partial charge >= 0.3 is 0 Å². The lowest BCUT2D eigenvalue weighted by molar-refractivity contribution is 0.666. The molecule has 0 amide bonds. The van der Waals surface area contributed by atoms with Crippen molar-refractivity contribution in [2.75, 3.05) is 0 Å². The molecule has 0 bridgehead atoms. The minimum atomic E-state index is 0.105. The van der Waals surface area contributed by atoms with Gasteiger partial charge in [-0.3, -0.25) is 0 Å². The third-order valence-electron chi connectivity index (χ3n) is 5.58. The summed E-state index contributed by atoms with van der Waals surface area (Å²) in [5, 5.41) is 0.209. The summed E-state index contributed by atoms with van der Waals surface area (Å²) in [7, 11) is 0. The first-order valence-corrected chi connectivity index (χ1v) is 12.2. The molecule has 2 rings (SSSR count). The Morgan fingerprint density at radius 3 is 1.21 bits per heavy atom. The summed E-state index contributed by atoms with van der Waals surface area (Å²) in [6.07, 6.45) is 12.9. The Hall–Kier alpha value is -0.860. The first kappa shape index (κ1) is 23.4. The fourth-order valence-electron chi connectivity index (χ4n) is 3.64. The lowest BCUT2D eigenvalue weighted by Gasteiger charge is -2.20. The Balaban J connectivity index is 1.87. The smallest absolute Gasteiger partial charge is 0.0424 e.